The van der Waals surface area contributed by atoms with Crippen molar-refractivity contribution in [3.05, 3.63) is 34.9 Å². The molecule has 1 aromatic rings. The van der Waals surface area contributed by atoms with E-state index in [0.717, 1.165) is 12.3 Å². The molecule has 22 heavy (non-hydrogen) atoms. The second-order valence-corrected chi connectivity index (χ2v) is 6.21. The largest absolute Gasteiger partial charge is 0.355 e. The van der Waals surface area contributed by atoms with E-state index in [-0.39, 0.29) is 18.4 Å². The molecule has 0 atom stereocenters. The van der Waals surface area contributed by atoms with Gasteiger partial charge in [-0.3, -0.25) is 9.59 Å². The Morgan fingerprint density at radius 1 is 1.14 bits per heavy atom. The lowest BCUT2D eigenvalue weighted by Crippen LogP contribution is -2.37. The Morgan fingerprint density at radius 2 is 1.86 bits per heavy atom. The van der Waals surface area contributed by atoms with Gasteiger partial charge in [-0.2, -0.15) is 0 Å². The van der Waals surface area contributed by atoms with Gasteiger partial charge in [0, 0.05) is 6.54 Å². The molecular weight excluding hydrogens is 300 g/mol. The molecule has 1 saturated carbocycles. The third kappa shape index (κ3) is 5.34. The Balaban J connectivity index is 1.61. The van der Waals surface area contributed by atoms with E-state index in [2.05, 4.69) is 10.6 Å². The van der Waals surface area contributed by atoms with Crippen LogP contribution in [0.25, 0.3) is 0 Å². The van der Waals surface area contributed by atoms with Crippen LogP contribution >= 0.6 is 11.6 Å². The van der Waals surface area contributed by atoms with Crippen LogP contribution in [0.2, 0.25) is 5.02 Å². The average Bonchev–Trinajstić information content (AvgIpc) is 3.03. The van der Waals surface area contributed by atoms with Crippen LogP contribution in [-0.2, 0) is 4.79 Å². The molecule has 0 aromatic heterocycles. The van der Waals surface area contributed by atoms with Crippen molar-refractivity contribution < 1.29 is 9.59 Å². The molecule has 0 bridgehead atoms. The molecule has 0 radical (unpaired) electrons. The summed E-state index contributed by atoms with van der Waals surface area (Å²) in [7, 11) is 0. The highest BCUT2D eigenvalue weighted by molar-refractivity contribution is 6.33. The minimum atomic E-state index is -0.327. The zero-order valence-corrected chi connectivity index (χ0v) is 13.5. The van der Waals surface area contributed by atoms with Crippen molar-refractivity contribution in [3.8, 4) is 0 Å². The molecule has 1 aliphatic carbocycles. The molecular formula is C17H23ClN2O2. The minimum Gasteiger partial charge on any atom is -0.355 e. The second kappa shape index (κ2) is 8.79. The normalized spacial score (nSPS) is 14.8. The second-order valence-electron chi connectivity index (χ2n) is 5.81. The van der Waals surface area contributed by atoms with E-state index in [1.54, 1.807) is 24.3 Å². The SMILES string of the molecule is O=C(CNC(=O)c1ccccc1Cl)NCCCC1CCCC1. The maximum Gasteiger partial charge on any atom is 0.253 e. The van der Waals surface area contributed by atoms with Gasteiger partial charge >= 0.3 is 0 Å². The minimum absolute atomic E-state index is 0.0204. The van der Waals surface area contributed by atoms with Crippen LogP contribution < -0.4 is 10.6 Å². The van der Waals surface area contributed by atoms with Crippen LogP contribution in [-0.4, -0.2) is 24.9 Å². The summed E-state index contributed by atoms with van der Waals surface area (Å²) in [5.74, 6) is 0.357. The summed E-state index contributed by atoms with van der Waals surface area (Å²) in [5, 5.41) is 5.81. The summed E-state index contributed by atoms with van der Waals surface area (Å²) in [6, 6.07) is 6.79. The molecule has 0 aliphatic heterocycles. The van der Waals surface area contributed by atoms with E-state index in [9.17, 15) is 9.59 Å². The van der Waals surface area contributed by atoms with Gasteiger partial charge < -0.3 is 10.6 Å². The first kappa shape index (κ1) is 16.8. The molecule has 0 unspecified atom stereocenters. The van der Waals surface area contributed by atoms with Crippen molar-refractivity contribution in [3.63, 3.8) is 0 Å². The van der Waals surface area contributed by atoms with Gasteiger partial charge in [0.05, 0.1) is 17.1 Å². The Labute approximate surface area is 136 Å². The van der Waals surface area contributed by atoms with Gasteiger partial charge in [0.15, 0.2) is 0 Å². The summed E-state index contributed by atoms with van der Waals surface area (Å²) in [6.07, 6.45) is 7.57. The van der Waals surface area contributed by atoms with Crippen LogP contribution in [0.1, 0.15) is 48.9 Å². The number of benzene rings is 1. The third-order valence-electron chi connectivity index (χ3n) is 4.11. The molecule has 0 spiro atoms. The number of rotatable bonds is 7. The maximum atomic E-state index is 11.9. The molecule has 120 valence electrons. The Morgan fingerprint density at radius 3 is 2.59 bits per heavy atom. The summed E-state index contributed by atoms with van der Waals surface area (Å²) in [4.78, 5) is 23.6. The van der Waals surface area contributed by atoms with Crippen molar-refractivity contribution in [1.29, 1.82) is 0 Å². The molecule has 1 aliphatic rings. The number of nitrogens with one attached hydrogen (secondary N) is 2. The van der Waals surface area contributed by atoms with Crippen molar-refractivity contribution in [2.45, 2.75) is 38.5 Å². The lowest BCUT2D eigenvalue weighted by Gasteiger charge is -2.10. The van der Waals surface area contributed by atoms with Crippen LogP contribution in [0, 0.1) is 5.92 Å². The molecule has 0 saturated heterocycles. The molecule has 1 aromatic carbocycles. The Hall–Kier alpha value is -1.55. The fourth-order valence-corrected chi connectivity index (χ4v) is 3.10. The van der Waals surface area contributed by atoms with Gasteiger partial charge in [-0.15, -0.1) is 0 Å². The summed E-state index contributed by atoms with van der Waals surface area (Å²) < 4.78 is 0. The number of hydrogen-bond donors (Lipinski definition) is 2. The van der Waals surface area contributed by atoms with Gasteiger partial charge in [0.1, 0.15) is 0 Å². The highest BCUT2D eigenvalue weighted by atomic mass is 35.5. The van der Waals surface area contributed by atoms with E-state index in [1.165, 1.54) is 32.1 Å². The number of carbonyl (C=O) groups is 2. The number of hydrogen-bond acceptors (Lipinski definition) is 2. The van der Waals surface area contributed by atoms with E-state index in [0.29, 0.717) is 17.1 Å². The van der Waals surface area contributed by atoms with Crippen LogP contribution in [0.5, 0.6) is 0 Å². The first-order chi connectivity index (χ1) is 10.7. The lowest BCUT2D eigenvalue weighted by molar-refractivity contribution is -0.120. The molecule has 2 amide bonds. The number of amides is 2. The number of halogens is 1. The maximum absolute atomic E-state index is 11.9. The predicted octanol–water partition coefficient (Wildman–Crippen LogP) is 3.16. The highest BCUT2D eigenvalue weighted by Gasteiger charge is 2.14. The van der Waals surface area contributed by atoms with Crippen molar-refractivity contribution in [2.24, 2.45) is 5.92 Å². The Bertz CT molecular complexity index is 513. The summed E-state index contributed by atoms with van der Waals surface area (Å²) in [5.41, 5.74) is 0.387. The molecule has 2 rings (SSSR count). The monoisotopic (exact) mass is 322 g/mol. The van der Waals surface area contributed by atoms with Crippen molar-refractivity contribution in [1.82, 2.24) is 10.6 Å². The molecule has 4 nitrogen and oxygen atoms in total. The van der Waals surface area contributed by atoms with E-state index in [1.807, 2.05) is 0 Å². The molecule has 5 heteroatoms. The standard InChI is InChI=1S/C17H23ClN2O2/c18-15-10-4-3-9-14(15)17(22)20-12-16(21)19-11-5-8-13-6-1-2-7-13/h3-4,9-10,13H,1-2,5-8,11-12H2,(H,19,21)(H,20,22). The van der Waals surface area contributed by atoms with Gasteiger partial charge in [0.2, 0.25) is 5.91 Å². The Kier molecular flexibility index (Phi) is 6.72. The van der Waals surface area contributed by atoms with Crippen LogP contribution in [0.3, 0.4) is 0 Å². The van der Waals surface area contributed by atoms with Gasteiger partial charge in [-0.1, -0.05) is 49.4 Å². The molecule has 2 N–H and O–H groups in total. The van der Waals surface area contributed by atoms with Gasteiger partial charge in [-0.05, 0) is 30.9 Å². The molecule has 0 heterocycles. The smallest absolute Gasteiger partial charge is 0.253 e. The highest BCUT2D eigenvalue weighted by Crippen LogP contribution is 2.28. The van der Waals surface area contributed by atoms with E-state index < -0.39 is 0 Å². The van der Waals surface area contributed by atoms with E-state index in [4.69, 9.17) is 11.6 Å². The van der Waals surface area contributed by atoms with Crippen LogP contribution in [0.4, 0.5) is 0 Å². The molecule has 1 fully saturated rings. The van der Waals surface area contributed by atoms with Crippen molar-refractivity contribution >= 4 is 23.4 Å². The summed E-state index contributed by atoms with van der Waals surface area (Å²) >= 11 is 5.94. The average molecular weight is 323 g/mol. The first-order valence-electron chi connectivity index (χ1n) is 7.96. The van der Waals surface area contributed by atoms with Gasteiger partial charge in [0.25, 0.3) is 5.91 Å². The quantitative estimate of drug-likeness (QED) is 0.758. The van der Waals surface area contributed by atoms with E-state index >= 15 is 0 Å². The fraction of sp³-hybridized carbons (Fsp3) is 0.529. The fourth-order valence-electron chi connectivity index (χ4n) is 2.88. The topological polar surface area (TPSA) is 58.2 Å². The lowest BCUT2D eigenvalue weighted by atomic mass is 10.0. The first-order valence-corrected chi connectivity index (χ1v) is 8.34. The zero-order chi connectivity index (χ0) is 15.8. The summed E-state index contributed by atoms with van der Waals surface area (Å²) in [6.45, 7) is 0.658. The third-order valence-corrected chi connectivity index (χ3v) is 4.44. The van der Waals surface area contributed by atoms with Crippen molar-refractivity contribution in [2.75, 3.05) is 13.1 Å². The predicted molar refractivity (Wildman–Crippen MR) is 88.0 cm³/mol. The van der Waals surface area contributed by atoms with Crippen LogP contribution in [0.15, 0.2) is 24.3 Å². The zero-order valence-electron chi connectivity index (χ0n) is 12.7. The van der Waals surface area contributed by atoms with Gasteiger partial charge in [-0.25, -0.2) is 0 Å². The number of carbonyl (C=O) groups excluding carboxylic acids is 2.